The summed E-state index contributed by atoms with van der Waals surface area (Å²) in [6.45, 7) is 3.14. The normalized spacial score (nSPS) is 18.0. The van der Waals surface area contributed by atoms with Crippen molar-refractivity contribution < 1.29 is 4.79 Å². The van der Waals surface area contributed by atoms with Gasteiger partial charge in [-0.2, -0.15) is 0 Å². The van der Waals surface area contributed by atoms with Crippen LogP contribution >= 0.6 is 0 Å². The molecule has 2 aromatic heterocycles. The van der Waals surface area contributed by atoms with Gasteiger partial charge in [0.2, 0.25) is 5.91 Å². The molecular weight excluding hydrogens is 278 g/mol. The van der Waals surface area contributed by atoms with E-state index in [2.05, 4.69) is 20.3 Å². The fraction of sp³-hybridized carbons (Fsp3) is 0.375. The molecule has 22 heavy (non-hydrogen) atoms. The van der Waals surface area contributed by atoms with Crippen LogP contribution in [0.15, 0.2) is 36.8 Å². The standard InChI is InChI=1S/C16H19N5O/c1-12(22)21-10-4-5-13(11-21)15-16(19-9-8-18-15)20-14-6-2-3-7-17-14/h2-3,6-9,13H,4-5,10-11H2,1H3,(H,17,19,20)/t13-/m1/s1. The van der Waals surface area contributed by atoms with Gasteiger partial charge in [-0.05, 0) is 25.0 Å². The van der Waals surface area contributed by atoms with Gasteiger partial charge in [0.05, 0.1) is 5.69 Å². The number of piperidine rings is 1. The van der Waals surface area contributed by atoms with Crippen LogP contribution in [-0.4, -0.2) is 38.8 Å². The van der Waals surface area contributed by atoms with Crippen LogP contribution in [0.5, 0.6) is 0 Å². The lowest BCUT2D eigenvalue weighted by Gasteiger charge is -2.32. The van der Waals surface area contributed by atoms with E-state index < -0.39 is 0 Å². The molecule has 6 heteroatoms. The Morgan fingerprint density at radius 1 is 1.23 bits per heavy atom. The van der Waals surface area contributed by atoms with Crippen LogP contribution in [0.4, 0.5) is 11.6 Å². The highest BCUT2D eigenvalue weighted by Gasteiger charge is 2.26. The van der Waals surface area contributed by atoms with Crippen molar-refractivity contribution in [2.45, 2.75) is 25.7 Å². The molecule has 1 fully saturated rings. The number of nitrogens with one attached hydrogen (secondary N) is 1. The van der Waals surface area contributed by atoms with Gasteiger partial charge >= 0.3 is 0 Å². The Morgan fingerprint density at radius 2 is 2.09 bits per heavy atom. The van der Waals surface area contributed by atoms with Crippen molar-refractivity contribution in [3.63, 3.8) is 0 Å². The van der Waals surface area contributed by atoms with Crippen LogP contribution in [0.25, 0.3) is 0 Å². The highest BCUT2D eigenvalue weighted by Crippen LogP contribution is 2.30. The lowest BCUT2D eigenvalue weighted by Crippen LogP contribution is -2.38. The highest BCUT2D eigenvalue weighted by atomic mass is 16.2. The van der Waals surface area contributed by atoms with Crippen molar-refractivity contribution in [1.29, 1.82) is 0 Å². The molecule has 0 aromatic carbocycles. The molecule has 1 atom stereocenters. The molecule has 1 saturated heterocycles. The summed E-state index contributed by atoms with van der Waals surface area (Å²) in [6, 6.07) is 5.68. The molecule has 1 amide bonds. The molecule has 0 radical (unpaired) electrons. The summed E-state index contributed by atoms with van der Waals surface area (Å²) < 4.78 is 0. The minimum atomic E-state index is 0.118. The summed E-state index contributed by atoms with van der Waals surface area (Å²) in [6.07, 6.45) is 7.10. The first-order valence-corrected chi connectivity index (χ1v) is 7.48. The summed E-state index contributed by atoms with van der Waals surface area (Å²) in [7, 11) is 0. The SMILES string of the molecule is CC(=O)N1CCC[C@@H](c2nccnc2Nc2ccccn2)C1. The number of hydrogen-bond acceptors (Lipinski definition) is 5. The molecule has 1 aliphatic heterocycles. The van der Waals surface area contributed by atoms with E-state index in [1.165, 1.54) is 0 Å². The van der Waals surface area contributed by atoms with Crippen LogP contribution in [-0.2, 0) is 4.79 Å². The monoisotopic (exact) mass is 297 g/mol. The van der Waals surface area contributed by atoms with Gasteiger partial charge in [-0.25, -0.2) is 9.97 Å². The van der Waals surface area contributed by atoms with Crippen molar-refractivity contribution in [1.82, 2.24) is 19.9 Å². The van der Waals surface area contributed by atoms with Crippen LogP contribution in [0, 0.1) is 0 Å². The third-order valence-electron chi connectivity index (χ3n) is 3.89. The molecule has 1 aliphatic rings. The van der Waals surface area contributed by atoms with Crippen LogP contribution in [0.3, 0.4) is 0 Å². The quantitative estimate of drug-likeness (QED) is 0.941. The number of rotatable bonds is 3. The molecule has 3 rings (SSSR count). The van der Waals surface area contributed by atoms with Gasteiger partial charge in [0.25, 0.3) is 0 Å². The zero-order chi connectivity index (χ0) is 15.4. The molecule has 3 heterocycles. The van der Waals surface area contributed by atoms with E-state index in [-0.39, 0.29) is 11.8 Å². The van der Waals surface area contributed by atoms with Crippen LogP contribution < -0.4 is 5.32 Å². The lowest BCUT2D eigenvalue weighted by molar-refractivity contribution is -0.130. The Balaban J connectivity index is 1.83. The molecular formula is C16H19N5O. The summed E-state index contributed by atoms with van der Waals surface area (Å²) in [4.78, 5) is 26.7. The number of pyridine rings is 1. The molecule has 0 spiro atoms. The zero-order valence-corrected chi connectivity index (χ0v) is 12.6. The summed E-state index contributed by atoms with van der Waals surface area (Å²) in [5.41, 5.74) is 0.902. The predicted molar refractivity (Wildman–Crippen MR) is 83.8 cm³/mol. The van der Waals surface area contributed by atoms with Gasteiger partial charge in [0, 0.05) is 44.5 Å². The number of anilines is 2. The molecule has 1 N–H and O–H groups in total. The van der Waals surface area contributed by atoms with E-state index in [9.17, 15) is 4.79 Å². The first-order chi connectivity index (χ1) is 10.7. The van der Waals surface area contributed by atoms with Crippen LogP contribution in [0.2, 0.25) is 0 Å². The number of likely N-dealkylation sites (tertiary alicyclic amines) is 1. The minimum absolute atomic E-state index is 0.118. The second-order valence-corrected chi connectivity index (χ2v) is 5.43. The van der Waals surface area contributed by atoms with Gasteiger partial charge < -0.3 is 10.2 Å². The number of nitrogens with zero attached hydrogens (tertiary/aromatic N) is 4. The average molecular weight is 297 g/mol. The smallest absolute Gasteiger partial charge is 0.219 e. The summed E-state index contributed by atoms with van der Waals surface area (Å²) >= 11 is 0. The average Bonchev–Trinajstić information content (AvgIpc) is 2.56. The number of aromatic nitrogens is 3. The summed E-state index contributed by atoms with van der Waals surface area (Å²) in [5.74, 6) is 1.78. The maximum atomic E-state index is 11.6. The maximum absolute atomic E-state index is 11.6. The van der Waals surface area contributed by atoms with E-state index >= 15 is 0 Å². The Labute approximate surface area is 129 Å². The fourth-order valence-corrected chi connectivity index (χ4v) is 2.79. The van der Waals surface area contributed by atoms with Crippen molar-refractivity contribution in [2.24, 2.45) is 0 Å². The number of carbonyl (C=O) groups is 1. The van der Waals surface area contributed by atoms with E-state index in [0.717, 1.165) is 36.7 Å². The molecule has 0 saturated carbocycles. The lowest BCUT2D eigenvalue weighted by atomic mass is 9.94. The van der Waals surface area contributed by atoms with Gasteiger partial charge in [-0.15, -0.1) is 0 Å². The van der Waals surface area contributed by atoms with Crippen molar-refractivity contribution in [3.05, 3.63) is 42.5 Å². The molecule has 114 valence electrons. The third-order valence-corrected chi connectivity index (χ3v) is 3.89. The molecule has 2 aromatic rings. The molecule has 0 unspecified atom stereocenters. The third kappa shape index (κ3) is 3.21. The number of hydrogen-bond donors (Lipinski definition) is 1. The highest BCUT2D eigenvalue weighted by molar-refractivity contribution is 5.73. The van der Waals surface area contributed by atoms with Gasteiger partial charge in [-0.1, -0.05) is 6.07 Å². The van der Waals surface area contributed by atoms with E-state index in [1.807, 2.05) is 23.1 Å². The predicted octanol–water partition coefficient (Wildman–Crippen LogP) is 2.34. The Kier molecular flexibility index (Phi) is 4.27. The largest absolute Gasteiger partial charge is 0.342 e. The topological polar surface area (TPSA) is 71.0 Å². The fourth-order valence-electron chi connectivity index (χ4n) is 2.79. The first-order valence-electron chi connectivity index (χ1n) is 7.48. The zero-order valence-electron chi connectivity index (χ0n) is 12.6. The minimum Gasteiger partial charge on any atom is -0.342 e. The van der Waals surface area contributed by atoms with Crippen molar-refractivity contribution >= 4 is 17.5 Å². The van der Waals surface area contributed by atoms with E-state index in [0.29, 0.717) is 6.54 Å². The summed E-state index contributed by atoms with van der Waals surface area (Å²) in [5, 5.41) is 3.23. The van der Waals surface area contributed by atoms with Crippen LogP contribution in [0.1, 0.15) is 31.4 Å². The Hall–Kier alpha value is -2.50. The first kappa shape index (κ1) is 14.4. The molecule has 0 aliphatic carbocycles. The number of carbonyl (C=O) groups excluding carboxylic acids is 1. The van der Waals surface area contributed by atoms with E-state index in [4.69, 9.17) is 0 Å². The number of amides is 1. The van der Waals surface area contributed by atoms with E-state index in [1.54, 1.807) is 25.5 Å². The Bertz CT molecular complexity index is 646. The van der Waals surface area contributed by atoms with Gasteiger partial charge in [0.1, 0.15) is 5.82 Å². The maximum Gasteiger partial charge on any atom is 0.219 e. The Morgan fingerprint density at radius 3 is 2.86 bits per heavy atom. The van der Waals surface area contributed by atoms with Crippen molar-refractivity contribution in [3.8, 4) is 0 Å². The van der Waals surface area contributed by atoms with Crippen molar-refractivity contribution in [2.75, 3.05) is 18.4 Å². The van der Waals surface area contributed by atoms with Gasteiger partial charge in [0.15, 0.2) is 5.82 Å². The van der Waals surface area contributed by atoms with Gasteiger partial charge in [-0.3, -0.25) is 9.78 Å². The molecule has 0 bridgehead atoms. The second-order valence-electron chi connectivity index (χ2n) is 5.43. The second kappa shape index (κ2) is 6.51. The molecule has 6 nitrogen and oxygen atoms in total.